The van der Waals surface area contributed by atoms with Crippen LogP contribution in [0.15, 0.2) is 22.5 Å². The molecule has 22 heavy (non-hydrogen) atoms. The fourth-order valence-corrected chi connectivity index (χ4v) is 3.58. The summed E-state index contributed by atoms with van der Waals surface area (Å²) in [6.45, 7) is 5.02. The fourth-order valence-electron chi connectivity index (χ4n) is 2.29. The number of piperazine rings is 1. The first kappa shape index (κ1) is 19.5. The third-order valence-electron chi connectivity index (χ3n) is 3.32. The van der Waals surface area contributed by atoms with Crippen LogP contribution in [0.4, 0.5) is 5.00 Å². The highest BCUT2D eigenvalue weighted by Crippen LogP contribution is 2.22. The summed E-state index contributed by atoms with van der Waals surface area (Å²) in [5.74, 6) is 5.43. The largest absolute Gasteiger partial charge is 0.360 e. The van der Waals surface area contributed by atoms with E-state index >= 15 is 0 Å². The molecule has 122 valence electrons. The van der Waals surface area contributed by atoms with Gasteiger partial charge in [0, 0.05) is 45.5 Å². The van der Waals surface area contributed by atoms with Gasteiger partial charge < -0.3 is 15.1 Å². The predicted octanol–water partition coefficient (Wildman–Crippen LogP) is 2.43. The zero-order valence-electron chi connectivity index (χ0n) is 12.8. The Morgan fingerprint density at radius 1 is 1.45 bits per heavy atom. The molecule has 0 aromatic carbocycles. The Morgan fingerprint density at radius 2 is 2.23 bits per heavy atom. The van der Waals surface area contributed by atoms with Gasteiger partial charge in [-0.05, 0) is 17.5 Å². The van der Waals surface area contributed by atoms with Gasteiger partial charge in [-0.25, -0.2) is 0 Å². The molecule has 0 unspecified atom stereocenters. The van der Waals surface area contributed by atoms with Crippen LogP contribution in [0.2, 0.25) is 0 Å². The van der Waals surface area contributed by atoms with Crippen molar-refractivity contribution in [3.63, 3.8) is 0 Å². The molecule has 0 atom stereocenters. The number of rotatable bonds is 5. The Labute approximate surface area is 158 Å². The van der Waals surface area contributed by atoms with Crippen LogP contribution < -0.4 is 10.2 Å². The predicted molar refractivity (Wildman–Crippen MR) is 111 cm³/mol. The number of anilines is 1. The fraction of sp³-hybridized carbons (Fsp3) is 0.533. The van der Waals surface area contributed by atoms with E-state index in [9.17, 15) is 0 Å². The molecule has 2 rings (SSSR count). The molecule has 1 fully saturated rings. The molecule has 0 radical (unpaired) electrons. The van der Waals surface area contributed by atoms with Gasteiger partial charge in [-0.3, -0.25) is 4.99 Å². The van der Waals surface area contributed by atoms with Gasteiger partial charge in [0.1, 0.15) is 0 Å². The topological polar surface area (TPSA) is 30.9 Å². The van der Waals surface area contributed by atoms with Crippen LogP contribution in [0.5, 0.6) is 0 Å². The van der Waals surface area contributed by atoms with E-state index in [-0.39, 0.29) is 24.0 Å². The third-order valence-corrected chi connectivity index (χ3v) is 5.12. The van der Waals surface area contributed by atoms with Gasteiger partial charge in [0.25, 0.3) is 0 Å². The highest BCUT2D eigenvalue weighted by molar-refractivity contribution is 14.0. The Morgan fingerprint density at radius 3 is 2.82 bits per heavy atom. The molecular weight excluding hydrogens is 427 g/mol. The van der Waals surface area contributed by atoms with Crippen molar-refractivity contribution in [1.29, 1.82) is 0 Å². The van der Waals surface area contributed by atoms with E-state index in [0.29, 0.717) is 0 Å². The molecular formula is C15H23IN4S2. The second-order valence-corrected chi connectivity index (χ2v) is 6.69. The zero-order chi connectivity index (χ0) is 14.9. The first-order valence-electron chi connectivity index (χ1n) is 7.10. The van der Waals surface area contributed by atoms with Crippen molar-refractivity contribution < 1.29 is 0 Å². The van der Waals surface area contributed by atoms with Gasteiger partial charge in [0.05, 0.1) is 10.8 Å². The van der Waals surface area contributed by atoms with Gasteiger partial charge >= 0.3 is 0 Å². The summed E-state index contributed by atoms with van der Waals surface area (Å²) in [6, 6.07) is 4.30. The molecule has 2 heterocycles. The molecule has 7 heteroatoms. The number of nitrogens with zero attached hydrogens (tertiary/aromatic N) is 3. The van der Waals surface area contributed by atoms with Gasteiger partial charge in [0.2, 0.25) is 0 Å². The summed E-state index contributed by atoms with van der Waals surface area (Å²) in [4.78, 5) is 9.15. The maximum absolute atomic E-state index is 5.24. The first-order valence-corrected chi connectivity index (χ1v) is 9.14. The lowest BCUT2D eigenvalue weighted by Gasteiger charge is -2.37. The highest BCUT2D eigenvalue weighted by Gasteiger charge is 2.19. The zero-order valence-corrected chi connectivity index (χ0v) is 16.8. The number of hydrogen-bond donors (Lipinski definition) is 1. The first-order chi connectivity index (χ1) is 10.3. The Balaban J connectivity index is 0.00000242. The Kier molecular flexibility index (Phi) is 9.75. The van der Waals surface area contributed by atoms with Crippen LogP contribution in [0.25, 0.3) is 0 Å². The van der Waals surface area contributed by atoms with E-state index in [0.717, 1.165) is 50.2 Å². The number of nitrogens with one attached hydrogen (secondary N) is 1. The molecule has 1 aliphatic heterocycles. The van der Waals surface area contributed by atoms with Gasteiger partial charge in [-0.1, -0.05) is 5.92 Å². The SMILES string of the molecule is C#CCSCCNC(=NC)N1CCN(c2cccs2)CC1.I. The average molecular weight is 450 g/mol. The number of thiophene rings is 1. The minimum Gasteiger partial charge on any atom is -0.360 e. The molecule has 0 spiro atoms. The van der Waals surface area contributed by atoms with Gasteiger partial charge in [0.15, 0.2) is 5.96 Å². The average Bonchev–Trinajstić information content (AvgIpc) is 3.06. The van der Waals surface area contributed by atoms with E-state index < -0.39 is 0 Å². The summed E-state index contributed by atoms with van der Waals surface area (Å²) < 4.78 is 0. The van der Waals surface area contributed by atoms with Crippen molar-refractivity contribution >= 4 is 58.0 Å². The van der Waals surface area contributed by atoms with Crippen LogP contribution in [-0.2, 0) is 0 Å². The molecule has 0 aliphatic carbocycles. The Bertz CT molecular complexity index is 476. The van der Waals surface area contributed by atoms with Crippen molar-refractivity contribution in [3.8, 4) is 12.3 Å². The van der Waals surface area contributed by atoms with E-state index in [2.05, 4.69) is 43.5 Å². The minimum atomic E-state index is 0. The summed E-state index contributed by atoms with van der Waals surface area (Å²) in [6.07, 6.45) is 5.24. The van der Waals surface area contributed by atoms with Crippen LogP contribution in [-0.4, -0.2) is 62.1 Å². The quantitative estimate of drug-likeness (QED) is 0.246. The lowest BCUT2D eigenvalue weighted by Crippen LogP contribution is -2.52. The standard InChI is InChI=1S/C15H22N4S2.HI/c1-3-11-20-13-6-17-15(16-2)19-9-7-18(8-10-19)14-5-4-12-21-14;/h1,4-5,12H,6-11,13H2,2H3,(H,16,17);1H. The monoisotopic (exact) mass is 450 g/mol. The second kappa shape index (κ2) is 11.0. The van der Waals surface area contributed by atoms with Crippen molar-refractivity contribution in [2.24, 2.45) is 4.99 Å². The Hall–Kier alpha value is -0.590. The highest BCUT2D eigenvalue weighted by atomic mass is 127. The third kappa shape index (κ3) is 5.89. The number of hydrogen-bond acceptors (Lipinski definition) is 4. The maximum atomic E-state index is 5.24. The van der Waals surface area contributed by atoms with Crippen LogP contribution >= 0.6 is 47.1 Å². The number of guanidine groups is 1. The summed E-state index contributed by atoms with van der Waals surface area (Å²) >= 11 is 3.58. The van der Waals surface area contributed by atoms with Crippen molar-refractivity contribution in [2.45, 2.75) is 0 Å². The van der Waals surface area contributed by atoms with Crippen molar-refractivity contribution in [2.75, 3.05) is 56.2 Å². The minimum absolute atomic E-state index is 0. The summed E-state index contributed by atoms with van der Waals surface area (Å²) in [5.41, 5.74) is 0. The summed E-state index contributed by atoms with van der Waals surface area (Å²) in [7, 11) is 1.85. The van der Waals surface area contributed by atoms with Gasteiger partial charge in [-0.2, -0.15) is 0 Å². The van der Waals surface area contributed by atoms with Gasteiger partial charge in [-0.15, -0.1) is 53.5 Å². The molecule has 1 aliphatic rings. The molecule has 1 saturated heterocycles. The maximum Gasteiger partial charge on any atom is 0.193 e. The molecule has 0 amide bonds. The summed E-state index contributed by atoms with van der Waals surface area (Å²) in [5, 5.41) is 6.92. The number of aliphatic imine (C=N–C) groups is 1. The van der Waals surface area contributed by atoms with E-state index in [4.69, 9.17) is 6.42 Å². The van der Waals surface area contributed by atoms with E-state index in [1.54, 1.807) is 11.8 Å². The molecule has 0 bridgehead atoms. The van der Waals surface area contributed by atoms with Crippen LogP contribution in [0.3, 0.4) is 0 Å². The molecule has 1 N–H and O–H groups in total. The lowest BCUT2D eigenvalue weighted by molar-refractivity contribution is 0.374. The van der Waals surface area contributed by atoms with E-state index in [1.807, 2.05) is 18.4 Å². The molecule has 1 aromatic heterocycles. The van der Waals surface area contributed by atoms with E-state index in [1.165, 1.54) is 5.00 Å². The molecule has 4 nitrogen and oxygen atoms in total. The van der Waals surface area contributed by atoms with Crippen molar-refractivity contribution in [3.05, 3.63) is 17.5 Å². The number of thioether (sulfide) groups is 1. The molecule has 0 saturated carbocycles. The lowest BCUT2D eigenvalue weighted by atomic mass is 10.3. The molecule has 1 aromatic rings. The number of terminal acetylenes is 1. The second-order valence-electron chi connectivity index (χ2n) is 4.66. The van der Waals surface area contributed by atoms with Crippen molar-refractivity contribution in [1.82, 2.24) is 10.2 Å². The normalized spacial score (nSPS) is 15.2. The van der Waals surface area contributed by atoms with Crippen LogP contribution in [0.1, 0.15) is 0 Å². The smallest absolute Gasteiger partial charge is 0.193 e. The van der Waals surface area contributed by atoms with Crippen LogP contribution in [0, 0.1) is 12.3 Å². The number of halogens is 1.